The van der Waals surface area contributed by atoms with E-state index < -0.39 is 22.7 Å². The summed E-state index contributed by atoms with van der Waals surface area (Å²) in [5, 5.41) is 3.06. The Balaban J connectivity index is 2.64. The molecule has 0 amide bonds. The normalized spacial score (nSPS) is 22.4. The third-order valence-corrected chi connectivity index (χ3v) is 5.01. The van der Waals surface area contributed by atoms with Gasteiger partial charge in [-0.15, -0.1) is 0 Å². The smallest absolute Gasteiger partial charge is 0.316 e. The van der Waals surface area contributed by atoms with Gasteiger partial charge in [0.25, 0.3) is 0 Å². The fraction of sp³-hybridized carbons (Fsp3) is 1.00. The maximum Gasteiger partial charge on any atom is 0.402 e. The Morgan fingerprint density at radius 2 is 2.06 bits per heavy atom. The summed E-state index contributed by atoms with van der Waals surface area (Å²) in [5.41, 5.74) is 0. The van der Waals surface area contributed by atoms with Crippen molar-refractivity contribution in [2.24, 2.45) is 5.92 Å². The van der Waals surface area contributed by atoms with Crippen molar-refractivity contribution in [1.82, 2.24) is 9.62 Å². The van der Waals surface area contributed by atoms with Crippen molar-refractivity contribution in [3.05, 3.63) is 0 Å². The largest absolute Gasteiger partial charge is 0.402 e. The van der Waals surface area contributed by atoms with Gasteiger partial charge < -0.3 is 5.32 Å². The van der Waals surface area contributed by atoms with Gasteiger partial charge in [0.1, 0.15) is 6.54 Å². The number of halogens is 3. The second kappa shape index (κ2) is 6.21. The third kappa shape index (κ3) is 5.11. The number of nitrogens with one attached hydrogen (secondary N) is 1. The Morgan fingerprint density at radius 1 is 1.39 bits per heavy atom. The van der Waals surface area contributed by atoms with E-state index in [1.54, 1.807) is 0 Å². The van der Waals surface area contributed by atoms with E-state index in [1.807, 2.05) is 0 Å². The van der Waals surface area contributed by atoms with Gasteiger partial charge in [-0.05, 0) is 31.8 Å². The van der Waals surface area contributed by atoms with E-state index in [2.05, 4.69) is 5.32 Å². The van der Waals surface area contributed by atoms with Gasteiger partial charge in [-0.2, -0.15) is 17.5 Å². The number of alkyl halides is 3. The van der Waals surface area contributed by atoms with Gasteiger partial charge in [0.15, 0.2) is 0 Å². The van der Waals surface area contributed by atoms with Crippen molar-refractivity contribution in [3.8, 4) is 0 Å². The molecule has 0 aromatic heterocycles. The maximum atomic E-state index is 12.3. The van der Waals surface area contributed by atoms with Crippen molar-refractivity contribution in [1.29, 1.82) is 0 Å². The number of rotatable bonds is 5. The van der Waals surface area contributed by atoms with E-state index in [4.69, 9.17) is 0 Å². The number of nitrogens with zero attached hydrogens (tertiary/aromatic N) is 1. The molecule has 0 aromatic carbocycles. The molecule has 108 valence electrons. The number of piperidine rings is 1. The van der Waals surface area contributed by atoms with Crippen molar-refractivity contribution in [3.63, 3.8) is 0 Å². The molecule has 1 atom stereocenters. The summed E-state index contributed by atoms with van der Waals surface area (Å²) in [6.45, 7) is 1.27. The second-order valence-electron chi connectivity index (χ2n) is 4.53. The molecular weight excluding hydrogens is 269 g/mol. The Bertz CT molecular complexity index is 351. The van der Waals surface area contributed by atoms with Crippen LogP contribution in [0.4, 0.5) is 13.2 Å². The summed E-state index contributed by atoms with van der Waals surface area (Å²) in [7, 11) is -3.83. The van der Waals surface area contributed by atoms with Crippen LogP contribution in [0.3, 0.4) is 0 Å². The van der Waals surface area contributed by atoms with Crippen molar-refractivity contribution >= 4 is 10.0 Å². The molecule has 1 saturated heterocycles. The molecule has 18 heavy (non-hydrogen) atoms. The first kappa shape index (κ1) is 15.7. The van der Waals surface area contributed by atoms with Crippen LogP contribution in [0.15, 0.2) is 0 Å². The van der Waals surface area contributed by atoms with Gasteiger partial charge in [-0.25, -0.2) is 8.42 Å². The maximum absolute atomic E-state index is 12.3. The topological polar surface area (TPSA) is 49.4 Å². The summed E-state index contributed by atoms with van der Waals surface area (Å²) >= 11 is 0. The lowest BCUT2D eigenvalue weighted by Crippen LogP contribution is -2.43. The van der Waals surface area contributed by atoms with E-state index in [1.165, 1.54) is 6.92 Å². The van der Waals surface area contributed by atoms with Crippen molar-refractivity contribution in [2.45, 2.75) is 25.9 Å². The molecule has 0 saturated carbocycles. The Hall–Kier alpha value is -0.340. The van der Waals surface area contributed by atoms with E-state index in [0.29, 0.717) is 10.8 Å². The van der Waals surface area contributed by atoms with Crippen LogP contribution in [0.25, 0.3) is 0 Å². The van der Waals surface area contributed by atoms with Crippen LogP contribution in [-0.4, -0.2) is 50.8 Å². The van der Waals surface area contributed by atoms with Gasteiger partial charge in [-0.3, -0.25) is 0 Å². The quantitative estimate of drug-likeness (QED) is 0.827. The van der Waals surface area contributed by atoms with Crippen LogP contribution in [-0.2, 0) is 10.0 Å². The average molecular weight is 288 g/mol. The minimum Gasteiger partial charge on any atom is -0.316 e. The average Bonchev–Trinajstić information content (AvgIpc) is 2.25. The predicted molar refractivity (Wildman–Crippen MR) is 62.7 cm³/mol. The van der Waals surface area contributed by atoms with Crippen LogP contribution in [0.2, 0.25) is 0 Å². The summed E-state index contributed by atoms with van der Waals surface area (Å²) in [6.07, 6.45) is -2.88. The standard InChI is InChI=1S/C10H19F3N2O2S/c1-2-15(8-10(11,12)13)18(16,17)7-9-4-3-5-14-6-9/h9,14H,2-8H2,1H3. The highest BCUT2D eigenvalue weighted by Crippen LogP contribution is 2.21. The molecule has 0 aromatic rings. The second-order valence-corrected chi connectivity index (χ2v) is 6.55. The monoisotopic (exact) mass is 288 g/mol. The van der Waals surface area contributed by atoms with Crippen molar-refractivity contribution in [2.75, 3.05) is 31.9 Å². The third-order valence-electron chi connectivity index (χ3n) is 2.95. The molecule has 1 N–H and O–H groups in total. The summed E-state index contributed by atoms with van der Waals surface area (Å²) < 4.78 is 61.2. The Morgan fingerprint density at radius 3 is 2.50 bits per heavy atom. The minimum atomic E-state index is -4.49. The molecule has 1 aliphatic heterocycles. The molecule has 1 aliphatic rings. The molecule has 0 spiro atoms. The van der Waals surface area contributed by atoms with Gasteiger partial charge >= 0.3 is 6.18 Å². The number of hydrogen-bond donors (Lipinski definition) is 1. The van der Waals surface area contributed by atoms with Gasteiger partial charge in [0.05, 0.1) is 5.75 Å². The summed E-state index contributed by atoms with van der Waals surface area (Å²) in [6, 6.07) is 0. The SMILES string of the molecule is CCN(CC(F)(F)F)S(=O)(=O)CC1CCCNC1. The van der Waals surface area contributed by atoms with Gasteiger partial charge in [0.2, 0.25) is 10.0 Å². The molecule has 4 nitrogen and oxygen atoms in total. The predicted octanol–water partition coefficient (Wildman–Crippen LogP) is 1.20. The molecule has 1 rings (SSSR count). The van der Waals surface area contributed by atoms with Crippen LogP contribution in [0.1, 0.15) is 19.8 Å². The highest BCUT2D eigenvalue weighted by molar-refractivity contribution is 7.89. The number of sulfonamides is 1. The van der Waals surface area contributed by atoms with Crippen LogP contribution in [0.5, 0.6) is 0 Å². The van der Waals surface area contributed by atoms with E-state index in [0.717, 1.165) is 19.4 Å². The summed E-state index contributed by atoms with van der Waals surface area (Å²) in [5.74, 6) is -0.296. The van der Waals surface area contributed by atoms with E-state index in [9.17, 15) is 21.6 Å². The molecule has 0 aliphatic carbocycles. The molecule has 0 radical (unpaired) electrons. The lowest BCUT2D eigenvalue weighted by Gasteiger charge is -2.27. The van der Waals surface area contributed by atoms with E-state index >= 15 is 0 Å². The van der Waals surface area contributed by atoms with E-state index in [-0.39, 0.29) is 18.2 Å². The molecule has 1 heterocycles. The fourth-order valence-corrected chi connectivity index (χ4v) is 3.90. The number of hydrogen-bond acceptors (Lipinski definition) is 3. The molecule has 0 bridgehead atoms. The molecule has 1 unspecified atom stereocenters. The Labute approximate surface area is 106 Å². The summed E-state index contributed by atoms with van der Waals surface area (Å²) in [4.78, 5) is 0. The van der Waals surface area contributed by atoms with Gasteiger partial charge in [0, 0.05) is 6.54 Å². The Kier molecular flexibility index (Phi) is 5.42. The molecule has 8 heteroatoms. The molecule has 1 fully saturated rings. The zero-order valence-electron chi connectivity index (χ0n) is 10.3. The zero-order valence-corrected chi connectivity index (χ0v) is 11.1. The highest BCUT2D eigenvalue weighted by Gasteiger charge is 2.36. The highest BCUT2D eigenvalue weighted by atomic mass is 32.2. The van der Waals surface area contributed by atoms with Crippen LogP contribution in [0, 0.1) is 5.92 Å². The minimum absolute atomic E-state index is 0.0916. The first-order chi connectivity index (χ1) is 8.24. The van der Waals surface area contributed by atoms with Crippen molar-refractivity contribution < 1.29 is 21.6 Å². The van der Waals surface area contributed by atoms with Crippen LogP contribution < -0.4 is 5.32 Å². The van der Waals surface area contributed by atoms with Crippen LogP contribution >= 0.6 is 0 Å². The first-order valence-corrected chi connectivity index (χ1v) is 7.61. The fourth-order valence-electron chi connectivity index (χ4n) is 2.08. The lowest BCUT2D eigenvalue weighted by atomic mass is 10.0. The lowest BCUT2D eigenvalue weighted by molar-refractivity contribution is -0.135. The zero-order chi connectivity index (χ0) is 13.8. The first-order valence-electron chi connectivity index (χ1n) is 6.00. The van der Waals surface area contributed by atoms with Gasteiger partial charge in [-0.1, -0.05) is 6.92 Å². The molecular formula is C10H19F3N2O2S.